The first-order chi connectivity index (χ1) is 12.6. The quantitative estimate of drug-likeness (QED) is 0.570. The fourth-order valence-electron chi connectivity index (χ4n) is 2.68. The van der Waals surface area contributed by atoms with E-state index in [1.165, 1.54) is 6.92 Å². The van der Waals surface area contributed by atoms with Gasteiger partial charge in [-0.2, -0.15) is 5.26 Å². The molecule has 1 aromatic carbocycles. The molecule has 0 radical (unpaired) electrons. The van der Waals surface area contributed by atoms with Crippen LogP contribution >= 0.6 is 23.2 Å². The summed E-state index contributed by atoms with van der Waals surface area (Å²) in [7, 11) is 0. The number of nitrogens with two attached hydrogens (primary N) is 1. The Morgan fingerprint density at radius 2 is 2.07 bits per heavy atom. The smallest absolute Gasteiger partial charge is 0.338 e. The molecule has 2 rings (SSSR count). The van der Waals surface area contributed by atoms with Crippen molar-refractivity contribution in [3.63, 3.8) is 0 Å². The maximum absolute atomic E-state index is 14.3. The van der Waals surface area contributed by atoms with Crippen molar-refractivity contribution >= 4 is 35.1 Å². The molecule has 0 aliphatic carbocycles. The van der Waals surface area contributed by atoms with Crippen LogP contribution in [0.2, 0.25) is 10.0 Å². The van der Waals surface area contributed by atoms with Crippen molar-refractivity contribution in [2.45, 2.75) is 19.8 Å². The molecule has 0 spiro atoms. The largest absolute Gasteiger partial charge is 0.478 e. The summed E-state index contributed by atoms with van der Waals surface area (Å²) in [6.45, 7) is 2.96. The molecule has 10 heteroatoms. The van der Waals surface area contributed by atoms with Gasteiger partial charge in [0, 0.05) is 5.56 Å². The van der Waals surface area contributed by atoms with Crippen LogP contribution in [0.5, 0.6) is 0 Å². The van der Waals surface area contributed by atoms with Crippen LogP contribution in [0.1, 0.15) is 35.7 Å². The first-order valence-corrected chi connectivity index (χ1v) is 8.27. The minimum absolute atomic E-state index is 0.00834. The molecule has 7 nitrogen and oxygen atoms in total. The first kappa shape index (κ1) is 20.6. The van der Waals surface area contributed by atoms with Crippen LogP contribution in [0.15, 0.2) is 28.9 Å². The lowest BCUT2D eigenvalue weighted by Gasteiger charge is -2.28. The normalized spacial score (nSPS) is 16.7. The average Bonchev–Trinajstić information content (AvgIpc) is 2.58. The van der Waals surface area contributed by atoms with E-state index in [9.17, 15) is 24.3 Å². The van der Waals surface area contributed by atoms with Gasteiger partial charge in [-0.25, -0.2) is 14.0 Å². The molecule has 0 fully saturated rings. The molecular weight excluding hydrogens is 402 g/mol. The number of halogens is 3. The maximum atomic E-state index is 14.3. The highest BCUT2D eigenvalue weighted by atomic mass is 35.5. The van der Waals surface area contributed by atoms with E-state index in [1.54, 1.807) is 13.0 Å². The van der Waals surface area contributed by atoms with Gasteiger partial charge in [-0.15, -0.1) is 0 Å². The molecule has 1 aliphatic rings. The van der Waals surface area contributed by atoms with Crippen LogP contribution in [0.4, 0.5) is 4.39 Å². The lowest BCUT2D eigenvalue weighted by atomic mass is 9.82. The number of benzene rings is 1. The van der Waals surface area contributed by atoms with E-state index in [0.717, 1.165) is 0 Å². The van der Waals surface area contributed by atoms with Gasteiger partial charge in [0.15, 0.2) is 0 Å². The number of carbonyl (C=O) groups excluding carboxylic acids is 1. The summed E-state index contributed by atoms with van der Waals surface area (Å²) in [6, 6.07) is 2.42. The van der Waals surface area contributed by atoms with Crippen molar-refractivity contribution in [1.82, 2.24) is 0 Å². The molecule has 1 unspecified atom stereocenters. The number of nitrogens with zero attached hydrogens (tertiary/aromatic N) is 1. The Balaban J connectivity index is 2.90. The molecule has 1 aromatic rings. The number of carbonyl (C=O) groups is 2. The van der Waals surface area contributed by atoms with Gasteiger partial charge < -0.3 is 20.3 Å². The minimum atomic E-state index is -1.52. The third-order valence-corrected chi connectivity index (χ3v) is 4.60. The molecule has 0 bridgehead atoms. The summed E-state index contributed by atoms with van der Waals surface area (Å²) in [6.07, 6.45) is 0. The van der Waals surface area contributed by atoms with Gasteiger partial charge in [-0.05, 0) is 19.9 Å². The Bertz CT molecular complexity index is 950. The maximum Gasteiger partial charge on any atom is 0.338 e. The molecule has 3 N–H and O–H groups in total. The highest BCUT2D eigenvalue weighted by Crippen LogP contribution is 2.46. The predicted molar refractivity (Wildman–Crippen MR) is 93.4 cm³/mol. The van der Waals surface area contributed by atoms with Gasteiger partial charge in [0.1, 0.15) is 23.2 Å². The Morgan fingerprint density at radius 3 is 2.59 bits per heavy atom. The molecule has 1 atom stereocenters. The van der Waals surface area contributed by atoms with Crippen molar-refractivity contribution in [2.24, 2.45) is 5.73 Å². The zero-order valence-electron chi connectivity index (χ0n) is 14.1. The van der Waals surface area contributed by atoms with E-state index >= 15 is 0 Å². The van der Waals surface area contributed by atoms with Crippen LogP contribution in [0.3, 0.4) is 0 Å². The van der Waals surface area contributed by atoms with E-state index in [1.807, 2.05) is 0 Å². The van der Waals surface area contributed by atoms with Crippen LogP contribution in [-0.2, 0) is 14.3 Å². The van der Waals surface area contributed by atoms with E-state index in [4.69, 9.17) is 38.4 Å². The van der Waals surface area contributed by atoms with Crippen molar-refractivity contribution in [3.8, 4) is 6.07 Å². The molecule has 0 saturated heterocycles. The Hall–Kier alpha value is -2.76. The first-order valence-electron chi connectivity index (χ1n) is 7.51. The number of hydrogen-bond acceptors (Lipinski definition) is 6. The summed E-state index contributed by atoms with van der Waals surface area (Å²) < 4.78 is 24.5. The molecule has 1 heterocycles. The number of hydrogen-bond donors (Lipinski definition) is 2. The fraction of sp³-hybridized carbons (Fsp3) is 0.235. The number of carboxylic acids is 1. The molecule has 0 saturated carbocycles. The van der Waals surface area contributed by atoms with Crippen LogP contribution in [0, 0.1) is 17.1 Å². The number of ether oxygens (including phenoxy) is 2. The second-order valence-corrected chi connectivity index (χ2v) is 6.12. The molecular formula is C17H13Cl2FN2O5. The highest BCUT2D eigenvalue weighted by Gasteiger charge is 2.40. The van der Waals surface area contributed by atoms with Crippen molar-refractivity contribution in [3.05, 3.63) is 55.8 Å². The van der Waals surface area contributed by atoms with Gasteiger partial charge in [-0.3, -0.25) is 0 Å². The van der Waals surface area contributed by atoms with Crippen LogP contribution < -0.4 is 5.73 Å². The molecule has 1 aliphatic heterocycles. The Labute approximate surface area is 163 Å². The van der Waals surface area contributed by atoms with Crippen molar-refractivity contribution < 1.29 is 28.6 Å². The van der Waals surface area contributed by atoms with Gasteiger partial charge >= 0.3 is 11.9 Å². The van der Waals surface area contributed by atoms with Crippen molar-refractivity contribution in [2.75, 3.05) is 6.61 Å². The van der Waals surface area contributed by atoms with Gasteiger partial charge in [0.2, 0.25) is 5.88 Å². The third kappa shape index (κ3) is 3.56. The van der Waals surface area contributed by atoms with Crippen molar-refractivity contribution in [1.29, 1.82) is 5.26 Å². The number of allylic oxidation sites excluding steroid dienone is 2. The second-order valence-electron chi connectivity index (χ2n) is 5.37. The number of aromatic carboxylic acids is 1. The molecule has 0 aromatic heterocycles. The monoisotopic (exact) mass is 414 g/mol. The summed E-state index contributed by atoms with van der Waals surface area (Å²) in [5, 5.41) is 17.8. The summed E-state index contributed by atoms with van der Waals surface area (Å²) in [4.78, 5) is 23.9. The van der Waals surface area contributed by atoms with Gasteiger partial charge in [0.25, 0.3) is 0 Å². The van der Waals surface area contributed by atoms with Crippen LogP contribution in [-0.4, -0.2) is 23.7 Å². The van der Waals surface area contributed by atoms with E-state index < -0.39 is 39.3 Å². The van der Waals surface area contributed by atoms with Gasteiger partial charge in [-0.1, -0.05) is 23.2 Å². The Morgan fingerprint density at radius 1 is 1.44 bits per heavy atom. The molecule has 27 heavy (non-hydrogen) atoms. The van der Waals surface area contributed by atoms with E-state index in [2.05, 4.69) is 0 Å². The highest BCUT2D eigenvalue weighted by molar-refractivity contribution is 6.38. The molecule has 0 amide bonds. The standard InChI is InChI=1S/C17H13Cl2FN2O5/c1-3-26-17(25)10-6(2)27-15(22)8(5-21)11(10)12-13(18)7(16(23)24)4-9(20)14(12)19/h4,11H,3,22H2,1-2H3,(H,23,24). The molecule has 142 valence electrons. The lowest BCUT2D eigenvalue weighted by Crippen LogP contribution is -2.26. The fourth-order valence-corrected chi connectivity index (χ4v) is 3.32. The predicted octanol–water partition coefficient (Wildman–Crippen LogP) is 3.48. The Kier molecular flexibility index (Phi) is 5.98. The second kappa shape index (κ2) is 7.86. The van der Waals surface area contributed by atoms with Gasteiger partial charge in [0.05, 0.1) is 33.7 Å². The number of nitriles is 1. The third-order valence-electron chi connectivity index (χ3n) is 3.81. The summed E-state index contributed by atoms with van der Waals surface area (Å²) >= 11 is 12.2. The zero-order chi connectivity index (χ0) is 20.5. The SMILES string of the molecule is CCOC(=O)C1=C(C)OC(N)=C(C#N)C1c1c(Cl)c(F)cc(C(=O)O)c1Cl. The minimum Gasteiger partial charge on any atom is -0.478 e. The lowest BCUT2D eigenvalue weighted by molar-refractivity contribution is -0.139. The number of esters is 1. The average molecular weight is 415 g/mol. The number of rotatable bonds is 4. The zero-order valence-corrected chi connectivity index (χ0v) is 15.6. The van der Waals surface area contributed by atoms with E-state index in [-0.39, 0.29) is 35.0 Å². The summed E-state index contributed by atoms with van der Waals surface area (Å²) in [5.74, 6) is -5.19. The summed E-state index contributed by atoms with van der Waals surface area (Å²) in [5.41, 5.74) is 4.39. The van der Waals surface area contributed by atoms with E-state index in [0.29, 0.717) is 6.07 Å². The number of carboxylic acid groups (broad SMARTS) is 1. The topological polar surface area (TPSA) is 123 Å². The van der Waals surface area contributed by atoms with Crippen LogP contribution in [0.25, 0.3) is 0 Å².